The molecule has 40 valence electrons. The van der Waals surface area contributed by atoms with E-state index in [-0.39, 0.29) is 0 Å². The molecule has 0 aromatic carbocycles. The van der Waals surface area contributed by atoms with Gasteiger partial charge in [-0.2, -0.15) is 0 Å². The van der Waals surface area contributed by atoms with Crippen molar-refractivity contribution in [3.8, 4) is 0 Å². The number of hydroxylamine groups is 2. The summed E-state index contributed by atoms with van der Waals surface area (Å²) >= 11 is 0. The van der Waals surface area contributed by atoms with E-state index in [1.165, 1.54) is 7.05 Å². The molecule has 1 rings (SSSR count). The minimum atomic E-state index is -0.542. The highest BCUT2D eigenvalue weighted by atomic mass is 16.6. The lowest BCUT2D eigenvalue weighted by atomic mass is 10.6. The number of hydrogen-bond acceptors (Lipinski definition) is 3. The van der Waals surface area contributed by atoms with Crippen molar-refractivity contribution in [2.75, 3.05) is 20.1 Å². The third kappa shape index (κ3) is 0.942. The standard InChI is InChI=1S/C3H7N3O/c1-6(7)3-2-4-5-6/h2-3H2,1H3. The van der Waals surface area contributed by atoms with Crippen LogP contribution in [0.4, 0.5) is 0 Å². The van der Waals surface area contributed by atoms with Crippen molar-refractivity contribution >= 4 is 0 Å². The van der Waals surface area contributed by atoms with Crippen molar-refractivity contribution in [2.45, 2.75) is 0 Å². The van der Waals surface area contributed by atoms with Crippen LogP contribution in [-0.4, -0.2) is 24.9 Å². The Morgan fingerprint density at radius 3 is 2.57 bits per heavy atom. The molecule has 1 unspecified atom stereocenters. The van der Waals surface area contributed by atoms with Crippen LogP contribution < -0.4 is 0 Å². The third-order valence-electron chi connectivity index (χ3n) is 0.867. The molecule has 0 fully saturated rings. The molecule has 0 spiro atoms. The summed E-state index contributed by atoms with van der Waals surface area (Å²) in [6.45, 7) is 1.08. The van der Waals surface area contributed by atoms with Crippen molar-refractivity contribution < 1.29 is 4.76 Å². The minimum absolute atomic E-state index is 0.500. The highest BCUT2D eigenvalue weighted by Gasteiger charge is 2.13. The van der Waals surface area contributed by atoms with Gasteiger partial charge < -0.3 is 5.21 Å². The van der Waals surface area contributed by atoms with E-state index in [4.69, 9.17) is 0 Å². The smallest absolute Gasteiger partial charge is 0.126 e. The molecule has 0 radical (unpaired) electrons. The van der Waals surface area contributed by atoms with Gasteiger partial charge in [-0.15, -0.1) is 5.11 Å². The Morgan fingerprint density at radius 1 is 1.71 bits per heavy atom. The average Bonchev–Trinajstić information content (AvgIpc) is 1.84. The molecule has 0 bridgehead atoms. The highest BCUT2D eigenvalue weighted by molar-refractivity contribution is 4.41. The van der Waals surface area contributed by atoms with Gasteiger partial charge in [0.15, 0.2) is 0 Å². The number of quaternary nitrogens is 1. The van der Waals surface area contributed by atoms with Crippen LogP contribution in [0.2, 0.25) is 0 Å². The quantitative estimate of drug-likeness (QED) is 0.320. The second-order valence-electron chi connectivity index (χ2n) is 1.73. The maximum Gasteiger partial charge on any atom is 0.126 e. The summed E-state index contributed by atoms with van der Waals surface area (Å²) < 4.78 is -0.542. The van der Waals surface area contributed by atoms with E-state index in [2.05, 4.69) is 10.3 Å². The van der Waals surface area contributed by atoms with E-state index in [1.54, 1.807) is 0 Å². The Morgan fingerprint density at radius 2 is 2.43 bits per heavy atom. The lowest BCUT2D eigenvalue weighted by molar-refractivity contribution is -0.862. The first kappa shape index (κ1) is 4.67. The van der Waals surface area contributed by atoms with Gasteiger partial charge in [-0.05, 0) is 0 Å². The molecular formula is C3H7N3O. The van der Waals surface area contributed by atoms with Gasteiger partial charge in [-0.1, -0.05) is 0 Å². The van der Waals surface area contributed by atoms with Crippen molar-refractivity contribution in [3.05, 3.63) is 5.21 Å². The molecule has 1 aliphatic heterocycles. The molecule has 7 heavy (non-hydrogen) atoms. The van der Waals surface area contributed by atoms with E-state index >= 15 is 0 Å². The monoisotopic (exact) mass is 101 g/mol. The number of rotatable bonds is 0. The Labute approximate surface area is 41.6 Å². The van der Waals surface area contributed by atoms with Crippen molar-refractivity contribution in [1.82, 2.24) is 0 Å². The molecule has 0 aliphatic carbocycles. The minimum Gasteiger partial charge on any atom is -0.603 e. The summed E-state index contributed by atoms with van der Waals surface area (Å²) in [7, 11) is 1.48. The van der Waals surface area contributed by atoms with Crippen LogP contribution in [0.3, 0.4) is 0 Å². The topological polar surface area (TPSA) is 47.8 Å². The Hall–Kier alpha value is -0.480. The maximum atomic E-state index is 10.6. The van der Waals surface area contributed by atoms with Crippen LogP contribution >= 0.6 is 0 Å². The van der Waals surface area contributed by atoms with Crippen LogP contribution in [-0.2, 0) is 0 Å². The van der Waals surface area contributed by atoms with Gasteiger partial charge in [0.1, 0.15) is 13.1 Å². The fourth-order valence-electron chi connectivity index (χ4n) is 0.453. The normalized spacial score (nSPS) is 39.7. The molecule has 1 aliphatic rings. The molecule has 0 aromatic heterocycles. The van der Waals surface area contributed by atoms with E-state index in [9.17, 15) is 5.21 Å². The molecule has 0 saturated carbocycles. The van der Waals surface area contributed by atoms with Gasteiger partial charge >= 0.3 is 0 Å². The van der Waals surface area contributed by atoms with Gasteiger partial charge in [-0.25, -0.2) is 4.76 Å². The fourth-order valence-corrected chi connectivity index (χ4v) is 0.453. The first-order chi connectivity index (χ1) is 3.21. The summed E-state index contributed by atoms with van der Waals surface area (Å²) in [5, 5.41) is 17.5. The van der Waals surface area contributed by atoms with Gasteiger partial charge in [0.2, 0.25) is 0 Å². The molecule has 0 saturated heterocycles. The van der Waals surface area contributed by atoms with Gasteiger partial charge in [-0.3, -0.25) is 0 Å². The van der Waals surface area contributed by atoms with E-state index in [0.717, 1.165) is 0 Å². The summed E-state index contributed by atoms with van der Waals surface area (Å²) in [5.74, 6) is 0. The lowest BCUT2D eigenvalue weighted by Gasteiger charge is -2.23. The van der Waals surface area contributed by atoms with Crippen LogP contribution in [0.5, 0.6) is 0 Å². The molecule has 4 heteroatoms. The van der Waals surface area contributed by atoms with Crippen molar-refractivity contribution in [1.29, 1.82) is 0 Å². The zero-order valence-electron chi connectivity index (χ0n) is 4.16. The molecule has 4 nitrogen and oxygen atoms in total. The maximum absolute atomic E-state index is 10.6. The summed E-state index contributed by atoms with van der Waals surface area (Å²) in [6, 6.07) is 0. The summed E-state index contributed by atoms with van der Waals surface area (Å²) in [6.07, 6.45) is 0. The second kappa shape index (κ2) is 1.24. The Balaban J connectivity index is 2.57. The summed E-state index contributed by atoms with van der Waals surface area (Å²) in [5.41, 5.74) is 0. The van der Waals surface area contributed by atoms with Crippen molar-refractivity contribution in [3.63, 3.8) is 0 Å². The number of likely N-dealkylation sites (N-methyl/N-ethyl adjacent to an activating group) is 1. The summed E-state index contributed by atoms with van der Waals surface area (Å²) in [4.78, 5) is 0. The number of hydrogen-bond donors (Lipinski definition) is 0. The van der Waals surface area contributed by atoms with E-state index in [0.29, 0.717) is 13.1 Å². The van der Waals surface area contributed by atoms with Crippen LogP contribution in [0.1, 0.15) is 0 Å². The van der Waals surface area contributed by atoms with Crippen LogP contribution in [0.25, 0.3) is 0 Å². The van der Waals surface area contributed by atoms with Crippen LogP contribution in [0.15, 0.2) is 10.3 Å². The van der Waals surface area contributed by atoms with Gasteiger partial charge in [0.05, 0.1) is 7.05 Å². The van der Waals surface area contributed by atoms with Crippen molar-refractivity contribution in [2.24, 2.45) is 10.3 Å². The molecule has 0 amide bonds. The zero-order chi connectivity index (χ0) is 5.33. The predicted octanol–water partition coefficient (Wildman–Crippen LogP) is 0.312. The fraction of sp³-hybridized carbons (Fsp3) is 1.00. The van der Waals surface area contributed by atoms with E-state index in [1.807, 2.05) is 0 Å². The lowest BCUT2D eigenvalue weighted by Crippen LogP contribution is -2.28. The largest absolute Gasteiger partial charge is 0.603 e. The first-order valence-electron chi connectivity index (χ1n) is 2.16. The molecule has 1 atom stereocenters. The Kier molecular flexibility index (Phi) is 0.831. The van der Waals surface area contributed by atoms with Gasteiger partial charge in [0.25, 0.3) is 0 Å². The SMILES string of the molecule is C[N+]1([O-])CCN=N1. The predicted molar refractivity (Wildman–Crippen MR) is 24.1 cm³/mol. The average molecular weight is 101 g/mol. The highest BCUT2D eigenvalue weighted by Crippen LogP contribution is 2.06. The van der Waals surface area contributed by atoms with E-state index < -0.39 is 4.76 Å². The Bertz CT molecular complexity index is 98.4. The molecule has 1 heterocycles. The van der Waals surface area contributed by atoms with Crippen LogP contribution in [0, 0.1) is 5.21 Å². The first-order valence-corrected chi connectivity index (χ1v) is 2.16. The number of nitrogens with zero attached hydrogens (tertiary/aromatic N) is 3. The zero-order valence-corrected chi connectivity index (χ0v) is 4.16. The molecule has 0 N–H and O–H groups in total. The molecule has 0 aromatic rings. The third-order valence-corrected chi connectivity index (χ3v) is 0.867. The second-order valence-corrected chi connectivity index (χ2v) is 1.73. The van der Waals surface area contributed by atoms with Gasteiger partial charge in [0, 0.05) is 5.22 Å². The molecular weight excluding hydrogens is 94.1 g/mol.